The van der Waals surface area contributed by atoms with E-state index in [1.165, 1.54) is 0 Å². The predicted molar refractivity (Wildman–Crippen MR) is 47.3 cm³/mol. The van der Waals surface area contributed by atoms with Crippen LogP contribution in [0.2, 0.25) is 0 Å². The zero-order valence-electron chi connectivity index (χ0n) is 8.21. The molecule has 13 heavy (non-hydrogen) atoms. The molecular formula is C9H17NO3. The van der Waals surface area contributed by atoms with Crippen molar-refractivity contribution in [3.8, 4) is 0 Å². The van der Waals surface area contributed by atoms with Crippen LogP contribution in [0, 0.1) is 0 Å². The Hall–Kier alpha value is -0.160. The Morgan fingerprint density at radius 2 is 2.31 bits per heavy atom. The molecule has 4 heteroatoms. The van der Waals surface area contributed by atoms with E-state index in [9.17, 15) is 0 Å². The molecule has 0 aromatic heterocycles. The molecule has 2 fully saturated rings. The molecule has 2 unspecified atom stereocenters. The van der Waals surface area contributed by atoms with Gasteiger partial charge in [0.05, 0.1) is 6.10 Å². The van der Waals surface area contributed by atoms with Gasteiger partial charge in [0, 0.05) is 6.54 Å². The summed E-state index contributed by atoms with van der Waals surface area (Å²) in [6, 6.07) is 0. The molecule has 76 valence electrons. The van der Waals surface area contributed by atoms with Gasteiger partial charge in [-0.15, -0.1) is 0 Å². The van der Waals surface area contributed by atoms with E-state index in [1.54, 1.807) is 0 Å². The van der Waals surface area contributed by atoms with E-state index in [0.29, 0.717) is 12.7 Å². The number of hydrogen-bond acceptors (Lipinski definition) is 4. The van der Waals surface area contributed by atoms with Gasteiger partial charge in [-0.1, -0.05) is 0 Å². The van der Waals surface area contributed by atoms with Crippen LogP contribution in [-0.4, -0.2) is 37.9 Å². The Morgan fingerprint density at radius 3 is 2.85 bits per heavy atom. The smallest absolute Gasteiger partial charge is 0.184 e. The molecule has 0 amide bonds. The summed E-state index contributed by atoms with van der Waals surface area (Å²) >= 11 is 0. The van der Waals surface area contributed by atoms with Gasteiger partial charge in [0.1, 0.15) is 6.61 Å². The molecular weight excluding hydrogens is 170 g/mol. The zero-order chi connectivity index (χ0) is 9.31. The molecule has 0 saturated carbocycles. The Labute approximate surface area is 78.5 Å². The van der Waals surface area contributed by atoms with Gasteiger partial charge in [0.15, 0.2) is 12.1 Å². The van der Waals surface area contributed by atoms with Gasteiger partial charge in [-0.25, -0.2) is 0 Å². The molecule has 0 aliphatic carbocycles. The van der Waals surface area contributed by atoms with Gasteiger partial charge in [0.25, 0.3) is 0 Å². The summed E-state index contributed by atoms with van der Waals surface area (Å²) in [5.41, 5.74) is 0. The van der Waals surface area contributed by atoms with E-state index in [1.807, 2.05) is 13.8 Å². The number of nitrogens with one attached hydrogen (secondary N) is 1. The van der Waals surface area contributed by atoms with Crippen LogP contribution in [0.5, 0.6) is 0 Å². The fraction of sp³-hybridized carbons (Fsp3) is 1.00. The Bertz CT molecular complexity index is 178. The molecule has 0 radical (unpaired) electrons. The number of ether oxygens (including phenoxy) is 3. The van der Waals surface area contributed by atoms with E-state index in [-0.39, 0.29) is 6.29 Å². The quantitative estimate of drug-likeness (QED) is 0.682. The summed E-state index contributed by atoms with van der Waals surface area (Å²) in [6.45, 7) is 6.33. The molecule has 2 aliphatic heterocycles. The van der Waals surface area contributed by atoms with Crippen molar-refractivity contribution < 1.29 is 14.2 Å². The summed E-state index contributed by atoms with van der Waals surface area (Å²) in [5.74, 6) is -0.475. The molecule has 0 aromatic carbocycles. The van der Waals surface area contributed by atoms with E-state index >= 15 is 0 Å². The lowest BCUT2D eigenvalue weighted by molar-refractivity contribution is -0.201. The maximum atomic E-state index is 5.70. The Balaban J connectivity index is 1.77. The number of rotatable bonds is 2. The molecule has 2 saturated heterocycles. The van der Waals surface area contributed by atoms with Crippen molar-refractivity contribution in [1.29, 1.82) is 0 Å². The maximum absolute atomic E-state index is 5.70. The monoisotopic (exact) mass is 187 g/mol. The second kappa shape index (κ2) is 3.53. The second-order valence-corrected chi connectivity index (χ2v) is 4.01. The van der Waals surface area contributed by atoms with Crippen LogP contribution >= 0.6 is 0 Å². The van der Waals surface area contributed by atoms with Crippen LogP contribution in [0.1, 0.15) is 20.3 Å². The molecule has 2 rings (SSSR count). The predicted octanol–water partition coefficient (Wildman–Crippen LogP) is 0.474. The molecule has 2 heterocycles. The fourth-order valence-corrected chi connectivity index (χ4v) is 1.68. The maximum Gasteiger partial charge on any atom is 0.184 e. The molecule has 0 spiro atoms. The van der Waals surface area contributed by atoms with Crippen molar-refractivity contribution in [3.05, 3.63) is 0 Å². The van der Waals surface area contributed by atoms with Crippen LogP contribution < -0.4 is 5.32 Å². The standard InChI is InChI=1S/C9H17NO3/c1-9(2)11-6-8(13-9)12-7-3-4-10-5-7/h7-8,10H,3-6H2,1-2H3. The first-order valence-corrected chi connectivity index (χ1v) is 4.84. The summed E-state index contributed by atoms with van der Waals surface area (Å²) < 4.78 is 16.6. The van der Waals surface area contributed by atoms with Crippen LogP contribution in [0.4, 0.5) is 0 Å². The highest BCUT2D eigenvalue weighted by atomic mass is 16.8. The van der Waals surface area contributed by atoms with Gasteiger partial charge < -0.3 is 19.5 Å². The number of hydrogen-bond donors (Lipinski definition) is 1. The van der Waals surface area contributed by atoms with Crippen molar-refractivity contribution >= 4 is 0 Å². The topological polar surface area (TPSA) is 39.7 Å². The molecule has 2 atom stereocenters. The molecule has 0 bridgehead atoms. The van der Waals surface area contributed by atoms with Gasteiger partial charge in [-0.3, -0.25) is 0 Å². The lowest BCUT2D eigenvalue weighted by Gasteiger charge is -2.19. The van der Waals surface area contributed by atoms with Gasteiger partial charge in [-0.2, -0.15) is 0 Å². The van der Waals surface area contributed by atoms with Gasteiger partial charge in [0.2, 0.25) is 0 Å². The highest BCUT2D eigenvalue weighted by Gasteiger charge is 2.35. The van der Waals surface area contributed by atoms with Crippen LogP contribution in [0.25, 0.3) is 0 Å². The van der Waals surface area contributed by atoms with E-state index in [0.717, 1.165) is 19.5 Å². The van der Waals surface area contributed by atoms with Crippen LogP contribution in [0.3, 0.4) is 0 Å². The first-order valence-electron chi connectivity index (χ1n) is 4.84. The van der Waals surface area contributed by atoms with Crippen LogP contribution in [0.15, 0.2) is 0 Å². The SMILES string of the molecule is CC1(C)OCC(OC2CCNC2)O1. The third kappa shape index (κ3) is 2.40. The first-order chi connectivity index (χ1) is 6.16. The summed E-state index contributed by atoms with van der Waals surface area (Å²) in [6.07, 6.45) is 1.18. The van der Waals surface area contributed by atoms with Crippen molar-refractivity contribution in [3.63, 3.8) is 0 Å². The zero-order valence-corrected chi connectivity index (χ0v) is 8.21. The third-order valence-corrected chi connectivity index (χ3v) is 2.34. The highest BCUT2D eigenvalue weighted by Crippen LogP contribution is 2.24. The molecule has 4 nitrogen and oxygen atoms in total. The second-order valence-electron chi connectivity index (χ2n) is 4.01. The van der Waals surface area contributed by atoms with Gasteiger partial charge in [-0.05, 0) is 26.8 Å². The van der Waals surface area contributed by atoms with Crippen molar-refractivity contribution in [2.45, 2.75) is 38.4 Å². The van der Waals surface area contributed by atoms with E-state index < -0.39 is 5.79 Å². The fourth-order valence-electron chi connectivity index (χ4n) is 1.68. The van der Waals surface area contributed by atoms with E-state index in [2.05, 4.69) is 5.32 Å². The summed E-state index contributed by atoms with van der Waals surface area (Å²) in [4.78, 5) is 0. The Kier molecular flexibility index (Phi) is 2.55. The Morgan fingerprint density at radius 1 is 1.46 bits per heavy atom. The van der Waals surface area contributed by atoms with Gasteiger partial charge >= 0.3 is 0 Å². The lowest BCUT2D eigenvalue weighted by Crippen LogP contribution is -2.27. The van der Waals surface area contributed by atoms with E-state index in [4.69, 9.17) is 14.2 Å². The normalized spacial score (nSPS) is 38.3. The van der Waals surface area contributed by atoms with Crippen molar-refractivity contribution in [2.75, 3.05) is 19.7 Å². The summed E-state index contributed by atoms with van der Waals surface area (Å²) in [5, 5.41) is 3.25. The third-order valence-electron chi connectivity index (χ3n) is 2.34. The average Bonchev–Trinajstić information content (AvgIpc) is 2.61. The molecule has 0 aromatic rings. The van der Waals surface area contributed by atoms with Crippen molar-refractivity contribution in [2.24, 2.45) is 0 Å². The first kappa shape index (κ1) is 9.40. The minimum absolute atomic E-state index is 0.181. The molecule has 2 aliphatic rings. The lowest BCUT2D eigenvalue weighted by atomic mass is 10.3. The largest absolute Gasteiger partial charge is 0.345 e. The van der Waals surface area contributed by atoms with Crippen molar-refractivity contribution in [1.82, 2.24) is 5.32 Å². The minimum Gasteiger partial charge on any atom is -0.345 e. The van der Waals surface area contributed by atoms with Crippen LogP contribution in [-0.2, 0) is 14.2 Å². The average molecular weight is 187 g/mol. The highest BCUT2D eigenvalue weighted by molar-refractivity contribution is 4.73. The summed E-state index contributed by atoms with van der Waals surface area (Å²) in [7, 11) is 0. The molecule has 1 N–H and O–H groups in total. The minimum atomic E-state index is -0.475.